The summed E-state index contributed by atoms with van der Waals surface area (Å²) < 4.78 is 6.13. The summed E-state index contributed by atoms with van der Waals surface area (Å²) in [5, 5.41) is 10.4. The van der Waals surface area contributed by atoms with Crippen LogP contribution >= 0.6 is 0 Å². The number of rotatable bonds is 1. The molecular weight excluding hydrogens is 248 g/mol. The summed E-state index contributed by atoms with van der Waals surface area (Å²) in [7, 11) is 0. The second-order valence-corrected chi connectivity index (χ2v) is 5.76. The smallest absolute Gasteiger partial charge is 0.127 e. The van der Waals surface area contributed by atoms with Gasteiger partial charge in [-0.2, -0.15) is 0 Å². The fourth-order valence-electron chi connectivity index (χ4n) is 2.97. The van der Waals surface area contributed by atoms with Gasteiger partial charge in [0, 0.05) is 12.0 Å². The highest BCUT2D eigenvalue weighted by molar-refractivity contribution is 5.46. The van der Waals surface area contributed by atoms with Crippen LogP contribution in [0, 0.1) is 20.8 Å². The van der Waals surface area contributed by atoms with E-state index in [0.29, 0.717) is 6.42 Å². The quantitative estimate of drug-likeness (QED) is 0.841. The first-order valence-corrected chi connectivity index (χ1v) is 7.07. The van der Waals surface area contributed by atoms with Crippen LogP contribution in [0.2, 0.25) is 0 Å². The van der Waals surface area contributed by atoms with Crippen molar-refractivity contribution < 1.29 is 9.84 Å². The molecule has 0 fully saturated rings. The van der Waals surface area contributed by atoms with Crippen LogP contribution in [0.25, 0.3) is 0 Å². The number of fused-ring (bicyclic) bond motifs is 1. The lowest BCUT2D eigenvalue weighted by Gasteiger charge is -2.31. The number of hydrogen-bond acceptors (Lipinski definition) is 2. The van der Waals surface area contributed by atoms with Crippen molar-refractivity contribution in [2.45, 2.75) is 39.4 Å². The number of aliphatic hydroxyl groups excluding tert-OH is 1. The van der Waals surface area contributed by atoms with Gasteiger partial charge in [-0.25, -0.2) is 0 Å². The molecule has 1 heterocycles. The molecule has 20 heavy (non-hydrogen) atoms. The van der Waals surface area contributed by atoms with Crippen LogP contribution in [0.4, 0.5) is 0 Å². The fraction of sp³-hybridized carbons (Fsp3) is 0.333. The summed E-state index contributed by atoms with van der Waals surface area (Å²) in [5.74, 6) is 0.826. The number of ether oxygens (including phenoxy) is 1. The van der Waals surface area contributed by atoms with Crippen LogP contribution in [0.3, 0.4) is 0 Å². The average molecular weight is 268 g/mol. The number of aliphatic hydroxyl groups is 1. The van der Waals surface area contributed by atoms with Gasteiger partial charge in [0.05, 0.1) is 6.10 Å². The second-order valence-electron chi connectivity index (χ2n) is 5.76. The topological polar surface area (TPSA) is 29.5 Å². The molecule has 104 valence electrons. The fourth-order valence-corrected chi connectivity index (χ4v) is 2.97. The third-order valence-corrected chi connectivity index (χ3v) is 3.98. The monoisotopic (exact) mass is 268 g/mol. The van der Waals surface area contributed by atoms with Gasteiger partial charge >= 0.3 is 0 Å². The predicted octanol–water partition coefficient (Wildman–Crippen LogP) is 4.17. The zero-order chi connectivity index (χ0) is 14.3. The van der Waals surface area contributed by atoms with Crippen molar-refractivity contribution >= 4 is 0 Å². The Morgan fingerprint density at radius 2 is 1.70 bits per heavy atom. The molecular formula is C18H20O2. The standard InChI is InChI=1S/C18H20O2/c1-11-4-6-14(7-5-11)16-10-15(19)18-13(3)8-12(2)9-17(18)20-16/h4-9,15-16,19H,10H2,1-3H3/t15?,16-/m0/s1. The third kappa shape index (κ3) is 2.32. The lowest BCUT2D eigenvalue weighted by molar-refractivity contribution is 0.0651. The van der Waals surface area contributed by atoms with Crippen molar-refractivity contribution in [3.8, 4) is 5.75 Å². The molecule has 0 radical (unpaired) electrons. The molecule has 0 bridgehead atoms. The van der Waals surface area contributed by atoms with Crippen molar-refractivity contribution in [1.82, 2.24) is 0 Å². The molecule has 0 aliphatic carbocycles. The SMILES string of the molecule is Cc1ccc([C@@H]2CC(O)c3c(C)cc(C)cc3O2)cc1. The molecule has 2 aromatic carbocycles. The number of hydrogen-bond donors (Lipinski definition) is 1. The van der Waals surface area contributed by atoms with Crippen molar-refractivity contribution in [2.24, 2.45) is 0 Å². The maximum Gasteiger partial charge on any atom is 0.127 e. The lowest BCUT2D eigenvalue weighted by atomic mass is 9.91. The Kier molecular flexibility index (Phi) is 3.27. The van der Waals surface area contributed by atoms with E-state index in [4.69, 9.17) is 4.74 Å². The second kappa shape index (κ2) is 4.95. The van der Waals surface area contributed by atoms with E-state index >= 15 is 0 Å². The maximum atomic E-state index is 10.4. The van der Waals surface area contributed by atoms with Crippen LogP contribution < -0.4 is 4.74 Å². The molecule has 1 unspecified atom stereocenters. The first-order chi connectivity index (χ1) is 9.54. The lowest BCUT2D eigenvalue weighted by Crippen LogP contribution is -2.20. The average Bonchev–Trinajstić information content (AvgIpc) is 2.38. The summed E-state index contributed by atoms with van der Waals surface area (Å²) in [6.07, 6.45) is 0.0879. The largest absolute Gasteiger partial charge is 0.485 e. The summed E-state index contributed by atoms with van der Waals surface area (Å²) in [6, 6.07) is 12.5. The molecule has 0 saturated carbocycles. The van der Waals surface area contributed by atoms with Gasteiger partial charge in [0.2, 0.25) is 0 Å². The molecule has 2 atom stereocenters. The van der Waals surface area contributed by atoms with Crippen LogP contribution in [-0.4, -0.2) is 5.11 Å². The minimum Gasteiger partial charge on any atom is -0.485 e. The Balaban J connectivity index is 1.98. The highest BCUT2D eigenvalue weighted by Crippen LogP contribution is 2.42. The normalized spacial score (nSPS) is 21.2. The van der Waals surface area contributed by atoms with Gasteiger partial charge in [0.25, 0.3) is 0 Å². The molecule has 0 amide bonds. The van der Waals surface area contributed by atoms with E-state index in [1.54, 1.807) is 0 Å². The first-order valence-electron chi connectivity index (χ1n) is 7.07. The molecule has 2 aromatic rings. The summed E-state index contributed by atoms with van der Waals surface area (Å²) in [4.78, 5) is 0. The molecule has 1 aliphatic heterocycles. The minimum atomic E-state index is -0.453. The van der Waals surface area contributed by atoms with Gasteiger partial charge in [-0.1, -0.05) is 35.9 Å². The molecule has 2 nitrogen and oxygen atoms in total. The van der Waals surface area contributed by atoms with E-state index in [0.717, 1.165) is 28.0 Å². The zero-order valence-electron chi connectivity index (χ0n) is 12.2. The van der Waals surface area contributed by atoms with Crippen LogP contribution in [-0.2, 0) is 0 Å². The Labute approximate surface area is 120 Å². The third-order valence-electron chi connectivity index (χ3n) is 3.98. The van der Waals surface area contributed by atoms with Crippen LogP contribution in [0.15, 0.2) is 36.4 Å². The molecule has 0 spiro atoms. The Bertz CT molecular complexity index is 629. The van der Waals surface area contributed by atoms with Crippen molar-refractivity contribution in [3.05, 3.63) is 64.2 Å². The Hall–Kier alpha value is -1.80. The van der Waals surface area contributed by atoms with Gasteiger partial charge in [-0.3, -0.25) is 0 Å². The van der Waals surface area contributed by atoms with E-state index in [2.05, 4.69) is 44.2 Å². The molecule has 1 aliphatic rings. The van der Waals surface area contributed by atoms with Gasteiger partial charge in [0.15, 0.2) is 0 Å². The minimum absolute atomic E-state index is 0.0701. The highest BCUT2D eigenvalue weighted by Gasteiger charge is 2.29. The summed E-state index contributed by atoms with van der Waals surface area (Å²) in [6.45, 7) is 6.16. The van der Waals surface area contributed by atoms with Gasteiger partial charge < -0.3 is 9.84 Å². The summed E-state index contributed by atoms with van der Waals surface area (Å²) in [5.41, 5.74) is 5.57. The molecule has 1 N–H and O–H groups in total. The first kappa shape index (κ1) is 13.2. The van der Waals surface area contributed by atoms with E-state index in [-0.39, 0.29) is 6.10 Å². The van der Waals surface area contributed by atoms with Crippen molar-refractivity contribution in [2.75, 3.05) is 0 Å². The van der Waals surface area contributed by atoms with Crippen molar-refractivity contribution in [3.63, 3.8) is 0 Å². The molecule has 0 aromatic heterocycles. The Morgan fingerprint density at radius 1 is 1.00 bits per heavy atom. The Morgan fingerprint density at radius 3 is 2.40 bits per heavy atom. The number of benzene rings is 2. The van der Waals surface area contributed by atoms with Gasteiger partial charge in [0.1, 0.15) is 11.9 Å². The predicted molar refractivity (Wildman–Crippen MR) is 80.0 cm³/mol. The van der Waals surface area contributed by atoms with E-state index < -0.39 is 6.10 Å². The maximum absolute atomic E-state index is 10.4. The summed E-state index contributed by atoms with van der Waals surface area (Å²) >= 11 is 0. The zero-order valence-corrected chi connectivity index (χ0v) is 12.2. The van der Waals surface area contributed by atoms with Crippen molar-refractivity contribution in [1.29, 1.82) is 0 Å². The van der Waals surface area contributed by atoms with E-state index in [1.807, 2.05) is 13.0 Å². The van der Waals surface area contributed by atoms with Crippen LogP contribution in [0.5, 0.6) is 5.75 Å². The van der Waals surface area contributed by atoms with Gasteiger partial charge in [-0.05, 0) is 43.5 Å². The van der Waals surface area contributed by atoms with E-state index in [9.17, 15) is 5.11 Å². The molecule has 3 rings (SSSR count). The molecule has 2 heteroatoms. The van der Waals surface area contributed by atoms with E-state index in [1.165, 1.54) is 5.56 Å². The highest BCUT2D eigenvalue weighted by atomic mass is 16.5. The van der Waals surface area contributed by atoms with Gasteiger partial charge in [-0.15, -0.1) is 0 Å². The number of aryl methyl sites for hydroxylation is 3. The van der Waals surface area contributed by atoms with Crippen LogP contribution in [0.1, 0.15) is 46.4 Å². The molecule has 0 saturated heterocycles.